The second-order valence-corrected chi connectivity index (χ2v) is 4.41. The van der Waals surface area contributed by atoms with Gasteiger partial charge in [-0.1, -0.05) is 0 Å². The van der Waals surface area contributed by atoms with E-state index in [1.165, 1.54) is 0 Å². The zero-order valence-corrected chi connectivity index (χ0v) is 11.1. The maximum Gasteiger partial charge on any atom is 0.313 e. The lowest BCUT2D eigenvalue weighted by atomic mass is 10.1. The first-order valence-electron chi connectivity index (χ1n) is 4.51. The van der Waals surface area contributed by atoms with Gasteiger partial charge in [0.1, 0.15) is 32.9 Å². The molecule has 2 N–H and O–H groups in total. The lowest BCUT2D eigenvalue weighted by molar-refractivity contribution is -0.141. The average molecular weight is 329 g/mol. The second kappa shape index (κ2) is 7.75. The highest BCUT2D eigenvalue weighted by Crippen LogP contribution is 2.15. The van der Waals surface area contributed by atoms with Crippen molar-refractivity contribution in [1.82, 2.24) is 5.32 Å². The first-order chi connectivity index (χ1) is 7.06. The Labute approximate surface area is 99.5 Å². The van der Waals surface area contributed by atoms with Crippen LogP contribution >= 0.6 is 21.2 Å². The van der Waals surface area contributed by atoms with Crippen LogP contribution < -0.4 is 5.32 Å². The van der Waals surface area contributed by atoms with Gasteiger partial charge in [-0.2, -0.15) is 0 Å². The van der Waals surface area contributed by atoms with Gasteiger partial charge in [0.25, 0.3) is 0 Å². The largest absolute Gasteiger partial charge is 0.481 e. The van der Waals surface area contributed by atoms with E-state index < -0.39 is 33.1 Å². The van der Waals surface area contributed by atoms with Gasteiger partial charge in [0.2, 0.25) is 0 Å². The van der Waals surface area contributed by atoms with Crippen LogP contribution in [0.5, 0.6) is 0 Å². The fourth-order valence-corrected chi connectivity index (χ4v) is 1.88. The van der Waals surface area contributed by atoms with Crippen molar-refractivity contribution in [2.45, 2.75) is 20.1 Å². The minimum absolute atomic E-state index is 0.372. The summed E-state index contributed by atoms with van der Waals surface area (Å²) >= 11 is -1.12. The molecule has 0 radical (unpaired) electrons. The number of ether oxygens (including phenoxy) is 1. The number of carbonyl (C=O) groups is 1. The van der Waals surface area contributed by atoms with E-state index in [1.54, 1.807) is 27.0 Å². The van der Waals surface area contributed by atoms with E-state index in [4.69, 9.17) is 9.84 Å². The molecule has 0 saturated carbocycles. The van der Waals surface area contributed by atoms with Crippen molar-refractivity contribution in [3.63, 3.8) is 0 Å². The Morgan fingerprint density at radius 2 is 2.27 bits per heavy atom. The van der Waals surface area contributed by atoms with Crippen molar-refractivity contribution < 1.29 is 17.7 Å². The van der Waals surface area contributed by atoms with Crippen LogP contribution in [0.1, 0.15) is 13.8 Å². The maximum atomic E-state index is 10.7. The summed E-state index contributed by atoms with van der Waals surface area (Å²) in [5, 5.41) is 11.6. The van der Waals surface area contributed by atoms with E-state index in [0.29, 0.717) is 10.2 Å². The highest BCUT2D eigenvalue weighted by atomic mass is 127. The van der Waals surface area contributed by atoms with Crippen LogP contribution in [-0.2, 0) is 12.6 Å². The first kappa shape index (κ1) is 14.5. The topological polar surface area (TPSA) is 75.6 Å². The van der Waals surface area contributed by atoms with Crippen LogP contribution in [0.25, 0.3) is 0 Å². The summed E-state index contributed by atoms with van der Waals surface area (Å²) in [6.45, 7) is 3.27. The summed E-state index contributed by atoms with van der Waals surface area (Å²) in [7, 11) is 1.68. The lowest BCUT2D eigenvalue weighted by Crippen LogP contribution is -2.31. The standard InChI is InChI=1S/C9H16INO4/c1-4-7(6(2)9(12)13)15-8(11-3)5-10-14/h4,6,8,11H,5H2,1-3H3,(H,12,13)/b7-4-/t6-,8-/m1/s1. The van der Waals surface area contributed by atoms with Gasteiger partial charge in [-0.25, -0.2) is 0 Å². The molecule has 0 saturated heterocycles. The Bertz CT molecular complexity index is 254. The summed E-state index contributed by atoms with van der Waals surface area (Å²) in [4.78, 5) is 10.7. The van der Waals surface area contributed by atoms with Crippen molar-refractivity contribution in [3.8, 4) is 0 Å². The number of allylic oxidation sites excluding steroid dienone is 1. The van der Waals surface area contributed by atoms with Crippen LogP contribution in [0.15, 0.2) is 11.8 Å². The van der Waals surface area contributed by atoms with E-state index in [2.05, 4.69) is 5.32 Å². The summed E-state index contributed by atoms with van der Waals surface area (Å²) in [6, 6.07) is 0. The molecular formula is C9H16INO4. The van der Waals surface area contributed by atoms with Crippen LogP contribution in [0, 0.1) is 5.92 Å². The van der Waals surface area contributed by atoms with Crippen molar-refractivity contribution in [2.24, 2.45) is 5.92 Å². The molecule has 88 valence electrons. The van der Waals surface area contributed by atoms with Crippen LogP contribution in [0.3, 0.4) is 0 Å². The molecule has 0 aromatic rings. The van der Waals surface area contributed by atoms with Crippen LogP contribution in [0.2, 0.25) is 0 Å². The zero-order chi connectivity index (χ0) is 11.8. The molecule has 0 aliphatic rings. The van der Waals surface area contributed by atoms with E-state index >= 15 is 0 Å². The summed E-state index contributed by atoms with van der Waals surface area (Å²) in [5.74, 6) is -1.23. The average Bonchev–Trinajstić information content (AvgIpc) is 2.23. The van der Waals surface area contributed by atoms with E-state index in [0.717, 1.165) is 0 Å². The summed E-state index contributed by atoms with van der Waals surface area (Å²) in [6.07, 6.45) is 1.25. The van der Waals surface area contributed by atoms with Gasteiger partial charge in [-0.3, -0.25) is 13.2 Å². The van der Waals surface area contributed by atoms with Crippen molar-refractivity contribution in [1.29, 1.82) is 0 Å². The Kier molecular flexibility index (Phi) is 7.49. The zero-order valence-electron chi connectivity index (χ0n) is 8.99. The van der Waals surface area contributed by atoms with Crippen LogP contribution in [-0.4, -0.2) is 28.8 Å². The van der Waals surface area contributed by atoms with Crippen molar-refractivity contribution in [3.05, 3.63) is 11.8 Å². The molecule has 0 aliphatic carbocycles. The molecule has 6 heteroatoms. The minimum Gasteiger partial charge on any atom is -0.481 e. The Balaban J connectivity index is 4.44. The van der Waals surface area contributed by atoms with Gasteiger partial charge < -0.3 is 9.84 Å². The Morgan fingerprint density at radius 3 is 2.60 bits per heavy atom. The molecule has 0 aliphatic heterocycles. The normalized spacial score (nSPS) is 15.8. The monoisotopic (exact) mass is 329 g/mol. The molecular weight excluding hydrogens is 313 g/mol. The quantitative estimate of drug-likeness (QED) is 0.320. The Morgan fingerprint density at radius 1 is 1.67 bits per heavy atom. The van der Waals surface area contributed by atoms with Crippen molar-refractivity contribution >= 4 is 27.2 Å². The molecule has 0 aromatic heterocycles. The summed E-state index contributed by atoms with van der Waals surface area (Å²) in [5.41, 5.74) is 0. The third-order valence-corrected chi connectivity index (χ3v) is 3.04. The molecule has 2 atom stereocenters. The first-order valence-corrected chi connectivity index (χ1v) is 6.91. The highest BCUT2D eigenvalue weighted by Gasteiger charge is 2.20. The molecule has 0 amide bonds. The molecule has 0 heterocycles. The number of nitrogens with one attached hydrogen (secondary N) is 1. The third-order valence-electron chi connectivity index (χ3n) is 1.89. The number of carboxylic acid groups (broad SMARTS) is 1. The fraction of sp³-hybridized carbons (Fsp3) is 0.667. The number of hydrogen-bond acceptors (Lipinski definition) is 4. The van der Waals surface area contributed by atoms with Gasteiger partial charge >= 0.3 is 5.97 Å². The fourth-order valence-electron chi connectivity index (χ4n) is 0.931. The van der Waals surface area contributed by atoms with Crippen LogP contribution in [0.4, 0.5) is 0 Å². The number of rotatable bonds is 7. The smallest absolute Gasteiger partial charge is 0.313 e. The number of carboxylic acids is 1. The van der Waals surface area contributed by atoms with Gasteiger partial charge in [-0.05, 0) is 27.0 Å². The lowest BCUT2D eigenvalue weighted by Gasteiger charge is -2.20. The summed E-state index contributed by atoms with van der Waals surface area (Å²) < 4.78 is 16.4. The molecule has 0 spiro atoms. The van der Waals surface area contributed by atoms with Gasteiger partial charge in [0.15, 0.2) is 6.23 Å². The van der Waals surface area contributed by atoms with Crippen molar-refractivity contribution in [2.75, 3.05) is 11.5 Å². The number of alkyl halides is 1. The molecule has 0 aromatic carbocycles. The predicted molar refractivity (Wildman–Crippen MR) is 64.1 cm³/mol. The number of aliphatic carboxylic acids is 1. The molecule has 0 unspecified atom stereocenters. The number of hydrogen-bond donors (Lipinski definition) is 2. The second-order valence-electron chi connectivity index (χ2n) is 2.91. The van der Waals surface area contributed by atoms with Gasteiger partial charge in [0.05, 0.1) is 4.43 Å². The molecule has 0 bridgehead atoms. The predicted octanol–water partition coefficient (Wildman–Crippen LogP) is 1.49. The number of halogens is 1. The molecule has 0 fully saturated rings. The van der Waals surface area contributed by atoms with E-state index in [9.17, 15) is 7.86 Å². The van der Waals surface area contributed by atoms with E-state index in [-0.39, 0.29) is 6.23 Å². The molecule has 15 heavy (non-hydrogen) atoms. The molecule has 5 nitrogen and oxygen atoms in total. The van der Waals surface area contributed by atoms with Gasteiger partial charge in [-0.15, -0.1) is 0 Å². The third kappa shape index (κ3) is 5.22. The Hall–Kier alpha value is -0.500. The SMILES string of the molecule is C/C=C(\O[C@H](CI=O)NC)[C@@H](C)C(=O)O. The maximum absolute atomic E-state index is 10.7. The highest BCUT2D eigenvalue weighted by molar-refractivity contribution is 14.1. The van der Waals surface area contributed by atoms with E-state index in [1.807, 2.05) is 0 Å². The van der Waals surface area contributed by atoms with Gasteiger partial charge in [0, 0.05) is 0 Å². The minimum atomic E-state index is -1.12. The molecule has 0 rings (SSSR count).